The van der Waals surface area contributed by atoms with E-state index in [0.29, 0.717) is 6.04 Å². The third-order valence-electron chi connectivity index (χ3n) is 4.16. The summed E-state index contributed by atoms with van der Waals surface area (Å²) in [6, 6.07) is 0.0931. The number of rotatable bonds is 5. The van der Waals surface area contributed by atoms with Crippen LogP contribution in [0.4, 0.5) is 0 Å². The van der Waals surface area contributed by atoms with E-state index in [4.69, 9.17) is 5.73 Å². The van der Waals surface area contributed by atoms with Crippen molar-refractivity contribution in [2.75, 3.05) is 26.2 Å². The van der Waals surface area contributed by atoms with Crippen molar-refractivity contribution in [1.82, 2.24) is 15.1 Å². The van der Waals surface area contributed by atoms with E-state index in [0.717, 1.165) is 39.0 Å². The molecule has 2 fully saturated rings. The molecule has 1 saturated carbocycles. The largest absolute Gasteiger partial charge is 0.368 e. The van der Waals surface area contributed by atoms with Crippen LogP contribution >= 0.6 is 0 Å². The van der Waals surface area contributed by atoms with Crippen molar-refractivity contribution in [3.63, 3.8) is 0 Å². The van der Waals surface area contributed by atoms with Crippen LogP contribution in [0.2, 0.25) is 0 Å². The van der Waals surface area contributed by atoms with E-state index in [-0.39, 0.29) is 23.9 Å². The molecule has 2 aliphatic rings. The zero-order valence-corrected chi connectivity index (χ0v) is 11.8. The number of amides is 2. The summed E-state index contributed by atoms with van der Waals surface area (Å²) in [6.07, 6.45) is 2.23. The smallest absolute Gasteiger partial charge is 0.237 e. The van der Waals surface area contributed by atoms with E-state index in [1.807, 2.05) is 13.8 Å². The molecule has 1 aliphatic carbocycles. The average Bonchev–Trinajstić information content (AvgIpc) is 3.21. The molecule has 6 heteroatoms. The number of hydrogen-bond donors (Lipinski definition) is 2. The highest BCUT2D eigenvalue weighted by atomic mass is 16.2. The van der Waals surface area contributed by atoms with E-state index in [1.54, 1.807) is 0 Å². The van der Waals surface area contributed by atoms with Crippen LogP contribution in [0.5, 0.6) is 0 Å². The Balaban J connectivity index is 1.78. The molecular weight excluding hydrogens is 244 g/mol. The predicted molar refractivity (Wildman–Crippen MR) is 72.4 cm³/mol. The average molecular weight is 268 g/mol. The molecule has 0 aromatic carbocycles. The minimum Gasteiger partial charge on any atom is -0.368 e. The third kappa shape index (κ3) is 3.67. The Hall–Kier alpha value is -1.14. The highest BCUT2D eigenvalue weighted by molar-refractivity contribution is 5.82. The first-order valence-electron chi connectivity index (χ1n) is 7.07. The molecule has 3 N–H and O–H groups in total. The summed E-state index contributed by atoms with van der Waals surface area (Å²) in [6.45, 7) is 6.95. The molecule has 2 amide bonds. The van der Waals surface area contributed by atoms with Gasteiger partial charge in [0.15, 0.2) is 0 Å². The lowest BCUT2D eigenvalue weighted by molar-refractivity contribution is -0.128. The molecule has 1 aliphatic heterocycles. The molecule has 2 rings (SSSR count). The van der Waals surface area contributed by atoms with Gasteiger partial charge < -0.3 is 11.1 Å². The first-order valence-corrected chi connectivity index (χ1v) is 7.07. The van der Waals surface area contributed by atoms with E-state index in [2.05, 4.69) is 15.1 Å². The molecule has 0 unspecified atom stereocenters. The van der Waals surface area contributed by atoms with Gasteiger partial charge in [-0.3, -0.25) is 19.4 Å². The van der Waals surface area contributed by atoms with Crippen LogP contribution in [0.25, 0.3) is 0 Å². The van der Waals surface area contributed by atoms with Crippen molar-refractivity contribution < 1.29 is 9.59 Å². The SMILES string of the molecule is C[C@@H](C(N)=O)N1CCN([C@@H](C)C(=O)NC2CC2)CC1. The normalized spacial score (nSPS) is 24.7. The zero-order chi connectivity index (χ0) is 14.0. The van der Waals surface area contributed by atoms with Crippen LogP contribution in [0.1, 0.15) is 26.7 Å². The van der Waals surface area contributed by atoms with E-state index < -0.39 is 0 Å². The number of nitrogens with one attached hydrogen (secondary N) is 1. The molecule has 19 heavy (non-hydrogen) atoms. The maximum Gasteiger partial charge on any atom is 0.237 e. The third-order valence-corrected chi connectivity index (χ3v) is 4.16. The number of piperazine rings is 1. The number of nitrogens with two attached hydrogens (primary N) is 1. The maximum atomic E-state index is 12.0. The van der Waals surface area contributed by atoms with Crippen LogP contribution in [0.15, 0.2) is 0 Å². The van der Waals surface area contributed by atoms with Gasteiger partial charge in [-0.15, -0.1) is 0 Å². The quantitative estimate of drug-likeness (QED) is 0.680. The Morgan fingerprint density at radius 2 is 1.53 bits per heavy atom. The Kier molecular flexibility index (Phi) is 4.42. The monoisotopic (exact) mass is 268 g/mol. The summed E-state index contributed by atoms with van der Waals surface area (Å²) >= 11 is 0. The summed E-state index contributed by atoms with van der Waals surface area (Å²) < 4.78 is 0. The molecule has 0 radical (unpaired) electrons. The minimum absolute atomic E-state index is 0.0911. The molecule has 1 heterocycles. The first-order chi connectivity index (χ1) is 8.99. The van der Waals surface area contributed by atoms with Gasteiger partial charge in [0, 0.05) is 32.2 Å². The van der Waals surface area contributed by atoms with Gasteiger partial charge in [0.1, 0.15) is 0 Å². The van der Waals surface area contributed by atoms with Gasteiger partial charge in [-0.2, -0.15) is 0 Å². The fourth-order valence-electron chi connectivity index (χ4n) is 2.41. The number of hydrogen-bond acceptors (Lipinski definition) is 4. The van der Waals surface area contributed by atoms with Gasteiger partial charge in [0.2, 0.25) is 11.8 Å². The Morgan fingerprint density at radius 3 is 1.95 bits per heavy atom. The van der Waals surface area contributed by atoms with Crippen LogP contribution < -0.4 is 11.1 Å². The van der Waals surface area contributed by atoms with Gasteiger partial charge >= 0.3 is 0 Å². The Bertz CT molecular complexity index is 349. The number of carbonyl (C=O) groups is 2. The summed E-state index contributed by atoms with van der Waals surface area (Å²) in [5.74, 6) is -0.160. The van der Waals surface area contributed by atoms with Crippen LogP contribution in [0.3, 0.4) is 0 Å². The molecule has 0 bridgehead atoms. The van der Waals surface area contributed by atoms with E-state index >= 15 is 0 Å². The highest BCUT2D eigenvalue weighted by Crippen LogP contribution is 2.19. The standard InChI is InChI=1S/C13H24N4O2/c1-9(12(14)18)16-5-7-17(8-6-16)10(2)13(19)15-11-3-4-11/h9-11H,3-8H2,1-2H3,(H2,14,18)(H,15,19)/t9-,10-/m0/s1. The molecular formula is C13H24N4O2. The number of primary amides is 1. The summed E-state index contributed by atoms with van der Waals surface area (Å²) in [5, 5.41) is 3.03. The zero-order valence-electron chi connectivity index (χ0n) is 11.8. The van der Waals surface area contributed by atoms with Gasteiger partial charge in [0.25, 0.3) is 0 Å². The lowest BCUT2D eigenvalue weighted by atomic mass is 10.1. The second-order valence-electron chi connectivity index (χ2n) is 5.61. The molecule has 0 aromatic rings. The van der Waals surface area contributed by atoms with Crippen molar-refractivity contribution in [1.29, 1.82) is 0 Å². The van der Waals surface area contributed by atoms with Crippen molar-refractivity contribution >= 4 is 11.8 Å². The first kappa shape index (κ1) is 14.3. The Labute approximate surface area is 114 Å². The van der Waals surface area contributed by atoms with Gasteiger partial charge in [-0.1, -0.05) is 0 Å². The molecule has 6 nitrogen and oxygen atoms in total. The van der Waals surface area contributed by atoms with Gasteiger partial charge in [-0.05, 0) is 26.7 Å². The number of carbonyl (C=O) groups excluding carboxylic acids is 2. The van der Waals surface area contributed by atoms with E-state index in [9.17, 15) is 9.59 Å². The van der Waals surface area contributed by atoms with Crippen molar-refractivity contribution in [2.24, 2.45) is 5.73 Å². The lowest BCUT2D eigenvalue weighted by Crippen LogP contribution is -2.57. The number of nitrogens with zero attached hydrogens (tertiary/aromatic N) is 2. The second kappa shape index (κ2) is 5.88. The van der Waals surface area contributed by atoms with Crippen molar-refractivity contribution in [2.45, 2.75) is 44.8 Å². The second-order valence-corrected chi connectivity index (χ2v) is 5.61. The molecule has 1 saturated heterocycles. The van der Waals surface area contributed by atoms with Crippen molar-refractivity contribution in [3.8, 4) is 0 Å². The lowest BCUT2D eigenvalue weighted by Gasteiger charge is -2.39. The molecule has 0 aromatic heterocycles. The van der Waals surface area contributed by atoms with Gasteiger partial charge in [-0.25, -0.2) is 0 Å². The fraction of sp³-hybridized carbons (Fsp3) is 0.846. The van der Waals surface area contributed by atoms with Crippen molar-refractivity contribution in [3.05, 3.63) is 0 Å². The summed E-state index contributed by atoms with van der Waals surface area (Å²) in [5.41, 5.74) is 5.31. The van der Waals surface area contributed by atoms with Gasteiger partial charge in [0.05, 0.1) is 12.1 Å². The maximum absolute atomic E-state index is 12.0. The summed E-state index contributed by atoms with van der Waals surface area (Å²) in [7, 11) is 0. The van der Waals surface area contributed by atoms with Crippen LogP contribution in [-0.2, 0) is 9.59 Å². The topological polar surface area (TPSA) is 78.7 Å². The molecule has 108 valence electrons. The highest BCUT2D eigenvalue weighted by Gasteiger charge is 2.31. The minimum atomic E-state index is -0.284. The summed E-state index contributed by atoms with van der Waals surface area (Å²) in [4.78, 5) is 27.4. The van der Waals surface area contributed by atoms with Crippen LogP contribution in [-0.4, -0.2) is 65.9 Å². The molecule has 0 spiro atoms. The van der Waals surface area contributed by atoms with Crippen LogP contribution in [0, 0.1) is 0 Å². The molecule has 2 atom stereocenters. The fourth-order valence-corrected chi connectivity index (χ4v) is 2.41. The van der Waals surface area contributed by atoms with E-state index in [1.165, 1.54) is 0 Å². The predicted octanol–water partition coefficient (Wildman–Crippen LogP) is -0.855. The Morgan fingerprint density at radius 1 is 1.05 bits per heavy atom.